The summed E-state index contributed by atoms with van der Waals surface area (Å²) in [6.45, 7) is 5.38. The molecule has 1 aliphatic heterocycles. The lowest BCUT2D eigenvalue weighted by molar-refractivity contribution is -0.134. The first-order valence-electron chi connectivity index (χ1n) is 6.79. The van der Waals surface area contributed by atoms with Crippen molar-refractivity contribution >= 4 is 23.5 Å². The summed E-state index contributed by atoms with van der Waals surface area (Å²) >= 11 is 6.10. The molecule has 0 aromatic heterocycles. The average molecular weight is 327 g/mol. The minimum absolute atomic E-state index is 0.558. The van der Waals surface area contributed by atoms with Crippen LogP contribution in [-0.2, 0) is 16.1 Å². The van der Waals surface area contributed by atoms with Crippen LogP contribution in [0.25, 0.3) is 0 Å². The zero-order chi connectivity index (χ0) is 16.4. The highest BCUT2D eigenvalue weighted by atomic mass is 35.5. The summed E-state index contributed by atoms with van der Waals surface area (Å²) in [5.41, 5.74) is 1.23. The van der Waals surface area contributed by atoms with Crippen LogP contribution in [0.4, 0.5) is 0 Å². The molecular formula is C15H19ClN2O4. The van der Waals surface area contributed by atoms with E-state index in [-0.39, 0.29) is 0 Å². The number of carboxylic acid groups (broad SMARTS) is 2. The van der Waals surface area contributed by atoms with Gasteiger partial charge >= 0.3 is 11.9 Å². The fraction of sp³-hybridized carbons (Fsp3) is 0.333. The van der Waals surface area contributed by atoms with Crippen LogP contribution in [0.1, 0.15) is 5.56 Å². The van der Waals surface area contributed by atoms with Gasteiger partial charge in [-0.3, -0.25) is 4.90 Å². The fourth-order valence-electron chi connectivity index (χ4n) is 1.88. The minimum Gasteiger partial charge on any atom is -0.478 e. The van der Waals surface area contributed by atoms with Gasteiger partial charge < -0.3 is 15.5 Å². The van der Waals surface area contributed by atoms with Gasteiger partial charge in [-0.25, -0.2) is 9.59 Å². The van der Waals surface area contributed by atoms with Crippen LogP contribution in [0.5, 0.6) is 0 Å². The quantitative estimate of drug-likeness (QED) is 0.726. The topological polar surface area (TPSA) is 89.9 Å². The van der Waals surface area contributed by atoms with Gasteiger partial charge in [0.1, 0.15) is 0 Å². The molecule has 120 valence electrons. The smallest absolute Gasteiger partial charge is 0.328 e. The van der Waals surface area contributed by atoms with E-state index in [9.17, 15) is 9.59 Å². The minimum atomic E-state index is -1.26. The summed E-state index contributed by atoms with van der Waals surface area (Å²) in [4.78, 5) is 21.5. The SMILES string of the molecule is Clc1ccccc1CN1CCNCC1.O=C(O)/C=C\C(=O)O. The van der Waals surface area contributed by atoms with Crippen LogP contribution in [0.15, 0.2) is 36.4 Å². The van der Waals surface area contributed by atoms with Crippen molar-refractivity contribution in [1.29, 1.82) is 0 Å². The molecule has 0 radical (unpaired) electrons. The first-order chi connectivity index (χ1) is 10.5. The van der Waals surface area contributed by atoms with Gasteiger partial charge in [0, 0.05) is 49.9 Å². The second-order valence-electron chi connectivity index (χ2n) is 4.63. The van der Waals surface area contributed by atoms with Gasteiger partial charge in [0.2, 0.25) is 0 Å². The Kier molecular flexibility index (Phi) is 8.21. The second-order valence-corrected chi connectivity index (χ2v) is 5.03. The van der Waals surface area contributed by atoms with Crippen LogP contribution in [-0.4, -0.2) is 53.2 Å². The molecule has 7 heteroatoms. The Balaban J connectivity index is 0.000000261. The number of benzene rings is 1. The predicted molar refractivity (Wildman–Crippen MR) is 84.0 cm³/mol. The van der Waals surface area contributed by atoms with Gasteiger partial charge in [-0.2, -0.15) is 0 Å². The highest BCUT2D eigenvalue weighted by Gasteiger charge is 2.10. The van der Waals surface area contributed by atoms with Gasteiger partial charge in [-0.05, 0) is 11.6 Å². The van der Waals surface area contributed by atoms with Crippen LogP contribution < -0.4 is 5.32 Å². The Hall–Kier alpha value is -1.89. The number of halogens is 1. The average Bonchev–Trinajstić information content (AvgIpc) is 2.49. The van der Waals surface area contributed by atoms with Gasteiger partial charge in [-0.15, -0.1) is 0 Å². The number of aliphatic carboxylic acids is 2. The number of hydrogen-bond acceptors (Lipinski definition) is 4. The van der Waals surface area contributed by atoms with E-state index in [1.54, 1.807) is 0 Å². The lowest BCUT2D eigenvalue weighted by atomic mass is 10.2. The lowest BCUT2D eigenvalue weighted by Gasteiger charge is -2.27. The summed E-state index contributed by atoms with van der Waals surface area (Å²) in [5, 5.41) is 19.8. The molecule has 0 aliphatic carbocycles. The number of piperazine rings is 1. The predicted octanol–water partition coefficient (Wildman–Crippen LogP) is 1.46. The van der Waals surface area contributed by atoms with Gasteiger partial charge in [0.25, 0.3) is 0 Å². The van der Waals surface area contributed by atoms with E-state index in [4.69, 9.17) is 21.8 Å². The Morgan fingerprint density at radius 2 is 1.68 bits per heavy atom. The van der Waals surface area contributed by atoms with Gasteiger partial charge in [-0.1, -0.05) is 29.8 Å². The number of rotatable bonds is 4. The van der Waals surface area contributed by atoms with Crippen molar-refractivity contribution in [3.05, 3.63) is 47.0 Å². The molecule has 6 nitrogen and oxygen atoms in total. The van der Waals surface area contributed by atoms with Crippen molar-refractivity contribution in [2.75, 3.05) is 26.2 Å². The van der Waals surface area contributed by atoms with Gasteiger partial charge in [0.15, 0.2) is 0 Å². The molecule has 1 saturated heterocycles. The molecule has 0 atom stereocenters. The summed E-state index contributed by atoms with van der Waals surface area (Å²) in [6, 6.07) is 8.08. The van der Waals surface area contributed by atoms with Crippen molar-refractivity contribution in [1.82, 2.24) is 10.2 Å². The third-order valence-electron chi connectivity index (χ3n) is 2.93. The van der Waals surface area contributed by atoms with E-state index in [0.29, 0.717) is 12.2 Å². The van der Waals surface area contributed by atoms with Crippen LogP contribution >= 0.6 is 11.6 Å². The Labute approximate surface area is 134 Å². The molecule has 0 spiro atoms. The van der Waals surface area contributed by atoms with Crippen molar-refractivity contribution in [3.8, 4) is 0 Å². The molecule has 1 aromatic carbocycles. The molecule has 0 unspecified atom stereocenters. The largest absolute Gasteiger partial charge is 0.478 e. The van der Waals surface area contributed by atoms with Crippen molar-refractivity contribution in [3.63, 3.8) is 0 Å². The number of carboxylic acids is 2. The molecule has 1 fully saturated rings. The monoisotopic (exact) mass is 326 g/mol. The Bertz CT molecular complexity index is 512. The van der Waals surface area contributed by atoms with E-state index in [1.807, 2.05) is 18.2 Å². The third kappa shape index (κ3) is 7.78. The summed E-state index contributed by atoms with van der Waals surface area (Å²) in [6.07, 6.45) is 1.12. The van der Waals surface area contributed by atoms with Crippen LogP contribution in [0, 0.1) is 0 Å². The Morgan fingerprint density at radius 1 is 1.14 bits per heavy atom. The molecule has 22 heavy (non-hydrogen) atoms. The van der Waals surface area contributed by atoms with Crippen molar-refractivity contribution in [2.24, 2.45) is 0 Å². The van der Waals surface area contributed by atoms with Crippen molar-refractivity contribution in [2.45, 2.75) is 6.54 Å². The van der Waals surface area contributed by atoms with Crippen molar-refractivity contribution < 1.29 is 19.8 Å². The van der Waals surface area contributed by atoms with E-state index in [2.05, 4.69) is 16.3 Å². The van der Waals surface area contributed by atoms with E-state index < -0.39 is 11.9 Å². The molecule has 0 bridgehead atoms. The number of nitrogens with one attached hydrogen (secondary N) is 1. The number of nitrogens with zero attached hydrogens (tertiary/aromatic N) is 1. The molecule has 3 N–H and O–H groups in total. The molecule has 1 aromatic rings. The van der Waals surface area contributed by atoms with E-state index in [0.717, 1.165) is 37.7 Å². The van der Waals surface area contributed by atoms with Crippen LogP contribution in [0.3, 0.4) is 0 Å². The number of carbonyl (C=O) groups is 2. The molecule has 0 saturated carbocycles. The zero-order valence-corrected chi connectivity index (χ0v) is 12.8. The first kappa shape index (κ1) is 18.2. The summed E-state index contributed by atoms with van der Waals surface area (Å²) < 4.78 is 0. The molecule has 1 aliphatic rings. The Morgan fingerprint density at radius 3 is 2.18 bits per heavy atom. The highest BCUT2D eigenvalue weighted by molar-refractivity contribution is 6.31. The standard InChI is InChI=1S/C11H15ClN2.C4H4O4/c12-11-4-2-1-3-10(11)9-14-7-5-13-6-8-14;5-3(6)1-2-4(7)8/h1-4,13H,5-9H2;1-2H,(H,5,6)(H,7,8)/b;2-1-. The fourth-order valence-corrected chi connectivity index (χ4v) is 2.07. The van der Waals surface area contributed by atoms with Gasteiger partial charge in [0.05, 0.1) is 0 Å². The highest BCUT2D eigenvalue weighted by Crippen LogP contribution is 2.16. The zero-order valence-electron chi connectivity index (χ0n) is 12.0. The third-order valence-corrected chi connectivity index (χ3v) is 3.30. The molecule has 1 heterocycles. The lowest BCUT2D eigenvalue weighted by Crippen LogP contribution is -2.42. The maximum absolute atomic E-state index is 9.55. The normalized spacial score (nSPS) is 15.1. The number of hydrogen-bond donors (Lipinski definition) is 3. The van der Waals surface area contributed by atoms with E-state index >= 15 is 0 Å². The second kappa shape index (κ2) is 9.94. The maximum Gasteiger partial charge on any atom is 0.328 e. The van der Waals surface area contributed by atoms with Crippen LogP contribution in [0.2, 0.25) is 5.02 Å². The summed E-state index contributed by atoms with van der Waals surface area (Å²) in [5.74, 6) is -2.51. The van der Waals surface area contributed by atoms with E-state index in [1.165, 1.54) is 5.56 Å². The molecule has 0 amide bonds. The maximum atomic E-state index is 9.55. The molecular weight excluding hydrogens is 308 g/mol. The first-order valence-corrected chi connectivity index (χ1v) is 7.17. The molecule has 2 rings (SSSR count). The summed E-state index contributed by atoms with van der Waals surface area (Å²) in [7, 11) is 0.